The summed E-state index contributed by atoms with van der Waals surface area (Å²) >= 11 is 1.37. The number of nitrogens with one attached hydrogen (secondary N) is 2. The van der Waals surface area contributed by atoms with Crippen LogP contribution in [0.1, 0.15) is 36.5 Å². The average molecular weight is 467 g/mol. The fraction of sp³-hybridized carbons (Fsp3) is 0.333. The predicted molar refractivity (Wildman–Crippen MR) is 130 cm³/mol. The molecule has 4 rings (SSSR count). The molecule has 9 heteroatoms. The molecule has 1 saturated heterocycles. The molecular weight excluding hydrogens is 440 g/mol. The van der Waals surface area contributed by atoms with Crippen molar-refractivity contribution in [3.8, 4) is 5.75 Å². The molecule has 8 nitrogen and oxygen atoms in total. The summed E-state index contributed by atoms with van der Waals surface area (Å²) in [6.07, 6.45) is 2.27. The van der Waals surface area contributed by atoms with Gasteiger partial charge in [0.2, 0.25) is 5.91 Å². The topological polar surface area (TPSA) is 100 Å². The zero-order valence-electron chi connectivity index (χ0n) is 18.4. The third-order valence-corrected chi connectivity index (χ3v) is 6.54. The van der Waals surface area contributed by atoms with Gasteiger partial charge >= 0.3 is 0 Å². The first kappa shape index (κ1) is 22.8. The van der Waals surface area contributed by atoms with Gasteiger partial charge in [-0.25, -0.2) is 0 Å². The summed E-state index contributed by atoms with van der Waals surface area (Å²) in [6.45, 7) is 4.32. The number of likely N-dealkylation sites (tertiary alicyclic amines) is 1. The summed E-state index contributed by atoms with van der Waals surface area (Å²) in [4.78, 5) is 43.3. The number of ether oxygens (including phenoxy) is 1. The molecule has 0 aromatic heterocycles. The van der Waals surface area contributed by atoms with Crippen LogP contribution in [0.25, 0.3) is 0 Å². The molecule has 2 N–H and O–H groups in total. The molecule has 0 unspecified atom stereocenters. The molecule has 2 aliphatic rings. The van der Waals surface area contributed by atoms with Crippen LogP contribution in [0.2, 0.25) is 0 Å². The molecular formula is C24H26N4O4S. The number of carbonyl (C=O) groups is 3. The molecule has 2 aliphatic heterocycles. The summed E-state index contributed by atoms with van der Waals surface area (Å²) in [6, 6.07) is 13.8. The van der Waals surface area contributed by atoms with Crippen molar-refractivity contribution in [1.29, 1.82) is 0 Å². The fourth-order valence-electron chi connectivity index (χ4n) is 3.64. The Morgan fingerprint density at radius 1 is 1.03 bits per heavy atom. The van der Waals surface area contributed by atoms with Gasteiger partial charge in [0.1, 0.15) is 11.0 Å². The highest BCUT2D eigenvalue weighted by atomic mass is 32.2. The van der Waals surface area contributed by atoms with Gasteiger partial charge in [-0.15, -0.1) is 0 Å². The lowest BCUT2D eigenvalue weighted by atomic mass is 10.1. The van der Waals surface area contributed by atoms with Crippen molar-refractivity contribution in [2.24, 2.45) is 4.99 Å². The zero-order chi connectivity index (χ0) is 23.2. The number of benzene rings is 2. The second-order valence-electron chi connectivity index (χ2n) is 7.77. The number of rotatable bonds is 7. The van der Waals surface area contributed by atoms with Gasteiger partial charge in [-0.05, 0) is 68.3 Å². The molecule has 2 aromatic rings. The first-order valence-electron chi connectivity index (χ1n) is 11.0. The number of hydrogen-bond donors (Lipinski definition) is 2. The molecule has 3 amide bonds. The van der Waals surface area contributed by atoms with Crippen LogP contribution in [-0.4, -0.2) is 52.7 Å². The Kier molecular flexibility index (Phi) is 7.29. The largest absolute Gasteiger partial charge is 0.494 e. The lowest BCUT2D eigenvalue weighted by Crippen LogP contribution is -2.25. The number of nitrogens with zero attached hydrogens (tertiary/aromatic N) is 2. The van der Waals surface area contributed by atoms with Crippen molar-refractivity contribution in [2.45, 2.75) is 31.4 Å². The highest BCUT2D eigenvalue weighted by molar-refractivity contribution is 8.15. The van der Waals surface area contributed by atoms with Gasteiger partial charge < -0.3 is 20.3 Å². The van der Waals surface area contributed by atoms with Gasteiger partial charge in [-0.3, -0.25) is 14.4 Å². The highest BCUT2D eigenvalue weighted by Crippen LogP contribution is 2.29. The summed E-state index contributed by atoms with van der Waals surface area (Å²) in [7, 11) is 0. The molecule has 0 spiro atoms. The van der Waals surface area contributed by atoms with Gasteiger partial charge in [0.25, 0.3) is 11.8 Å². The van der Waals surface area contributed by atoms with E-state index in [2.05, 4.69) is 20.5 Å². The Balaban J connectivity index is 1.27. The fourth-order valence-corrected chi connectivity index (χ4v) is 4.76. The molecule has 2 aromatic carbocycles. The van der Waals surface area contributed by atoms with Gasteiger partial charge in [0.05, 0.1) is 6.61 Å². The van der Waals surface area contributed by atoms with Crippen LogP contribution < -0.4 is 15.4 Å². The number of aliphatic imine (C=N–C) groups is 1. The number of anilines is 2. The Labute approximate surface area is 196 Å². The monoisotopic (exact) mass is 466 g/mol. The maximum Gasteiger partial charge on any atom is 0.262 e. The van der Waals surface area contributed by atoms with Crippen LogP contribution in [0.15, 0.2) is 53.5 Å². The van der Waals surface area contributed by atoms with E-state index in [1.807, 2.05) is 6.92 Å². The Hall–Kier alpha value is -3.33. The van der Waals surface area contributed by atoms with E-state index in [-0.39, 0.29) is 24.1 Å². The number of thioether (sulfide) groups is 1. The van der Waals surface area contributed by atoms with E-state index in [1.165, 1.54) is 11.8 Å². The minimum atomic E-state index is -0.486. The maximum atomic E-state index is 12.5. The van der Waals surface area contributed by atoms with E-state index in [0.717, 1.165) is 36.8 Å². The molecule has 1 atom stereocenters. The van der Waals surface area contributed by atoms with Crippen molar-refractivity contribution >= 4 is 46.0 Å². The quantitative estimate of drug-likeness (QED) is 0.645. The molecule has 0 radical (unpaired) electrons. The van der Waals surface area contributed by atoms with Crippen molar-refractivity contribution in [3.63, 3.8) is 0 Å². The molecule has 1 fully saturated rings. The summed E-state index contributed by atoms with van der Waals surface area (Å²) in [5.41, 5.74) is 1.69. The van der Waals surface area contributed by atoms with Gasteiger partial charge in [0.15, 0.2) is 5.17 Å². The first-order valence-corrected chi connectivity index (χ1v) is 11.9. The molecule has 2 heterocycles. The van der Waals surface area contributed by atoms with Crippen LogP contribution in [-0.2, 0) is 9.59 Å². The van der Waals surface area contributed by atoms with E-state index in [9.17, 15) is 14.4 Å². The summed E-state index contributed by atoms with van der Waals surface area (Å²) < 4.78 is 5.40. The molecule has 33 heavy (non-hydrogen) atoms. The number of hydrogen-bond acceptors (Lipinski definition) is 6. The lowest BCUT2D eigenvalue weighted by molar-refractivity contribution is -0.121. The van der Waals surface area contributed by atoms with Crippen molar-refractivity contribution < 1.29 is 19.1 Å². The standard InChI is InChI=1S/C24H26N4O4S/c1-2-32-19-11-9-18(10-12-19)26-22(30)16-5-7-17(8-6-16)25-21(29)15-20-23(31)27-24(33-20)28-13-3-4-14-28/h5-12,20H,2-4,13-15H2,1H3,(H,25,29)(H,26,30)/t20-/m1/s1. The minimum absolute atomic E-state index is 0.0598. The van der Waals surface area contributed by atoms with Crippen LogP contribution in [0, 0.1) is 0 Å². The highest BCUT2D eigenvalue weighted by Gasteiger charge is 2.33. The number of carbonyl (C=O) groups excluding carboxylic acids is 3. The van der Waals surface area contributed by atoms with Crippen molar-refractivity contribution in [2.75, 3.05) is 30.3 Å². The van der Waals surface area contributed by atoms with Crippen molar-refractivity contribution in [3.05, 3.63) is 54.1 Å². The predicted octanol–water partition coefficient (Wildman–Crippen LogP) is 3.76. The van der Waals surface area contributed by atoms with Crippen LogP contribution in [0.3, 0.4) is 0 Å². The minimum Gasteiger partial charge on any atom is -0.494 e. The normalized spacial score (nSPS) is 17.6. The van der Waals surface area contributed by atoms with E-state index in [0.29, 0.717) is 23.5 Å². The van der Waals surface area contributed by atoms with Crippen LogP contribution in [0.4, 0.5) is 11.4 Å². The second-order valence-corrected chi connectivity index (χ2v) is 8.94. The smallest absolute Gasteiger partial charge is 0.262 e. The van der Waals surface area contributed by atoms with Crippen LogP contribution >= 0.6 is 11.8 Å². The Morgan fingerprint density at radius 2 is 1.67 bits per heavy atom. The molecule has 172 valence electrons. The van der Waals surface area contributed by atoms with E-state index >= 15 is 0 Å². The third-order valence-electron chi connectivity index (χ3n) is 5.33. The second kappa shape index (κ2) is 10.5. The summed E-state index contributed by atoms with van der Waals surface area (Å²) in [5, 5.41) is 5.87. The van der Waals surface area contributed by atoms with E-state index < -0.39 is 5.25 Å². The third kappa shape index (κ3) is 5.92. The zero-order valence-corrected chi connectivity index (χ0v) is 19.2. The molecule has 0 saturated carbocycles. The number of amidine groups is 1. The SMILES string of the molecule is CCOc1ccc(NC(=O)c2ccc(NC(=O)C[C@H]3SC(N4CCCC4)=NC3=O)cc2)cc1. The lowest BCUT2D eigenvalue weighted by Gasteiger charge is -2.16. The van der Waals surface area contributed by atoms with E-state index in [4.69, 9.17) is 4.74 Å². The van der Waals surface area contributed by atoms with Crippen molar-refractivity contribution in [1.82, 2.24) is 4.90 Å². The Bertz CT molecular complexity index is 1050. The summed E-state index contributed by atoms with van der Waals surface area (Å²) in [5.74, 6) is -0.0209. The van der Waals surface area contributed by atoms with Gasteiger partial charge in [-0.1, -0.05) is 11.8 Å². The first-order chi connectivity index (χ1) is 16.0. The van der Waals surface area contributed by atoms with E-state index in [1.54, 1.807) is 48.5 Å². The van der Waals surface area contributed by atoms with Crippen LogP contribution in [0.5, 0.6) is 5.75 Å². The van der Waals surface area contributed by atoms with Gasteiger partial charge in [-0.2, -0.15) is 4.99 Å². The molecule has 0 aliphatic carbocycles. The maximum absolute atomic E-state index is 12.5. The molecule has 0 bridgehead atoms. The van der Waals surface area contributed by atoms with Gasteiger partial charge in [0, 0.05) is 36.4 Å². The Morgan fingerprint density at radius 3 is 2.33 bits per heavy atom. The number of amides is 3. The average Bonchev–Trinajstić information content (AvgIpc) is 3.46.